The van der Waals surface area contributed by atoms with Gasteiger partial charge in [0.2, 0.25) is 5.91 Å². The lowest BCUT2D eigenvalue weighted by Crippen LogP contribution is -2.62. The number of para-hydroxylation sites is 1. The van der Waals surface area contributed by atoms with Gasteiger partial charge in [-0.2, -0.15) is 0 Å². The summed E-state index contributed by atoms with van der Waals surface area (Å²) in [5.41, 5.74) is 2.18. The van der Waals surface area contributed by atoms with Crippen molar-refractivity contribution >= 4 is 5.91 Å². The number of carbonyl (C=O) groups excluding carboxylic acids is 1. The van der Waals surface area contributed by atoms with Gasteiger partial charge in [-0.05, 0) is 49.1 Å². The monoisotopic (exact) mass is 404 g/mol. The fraction of sp³-hybridized carbons (Fsp3) is 0.500. The Morgan fingerprint density at radius 2 is 1.77 bits per heavy atom. The largest absolute Gasteiger partial charge is 0.508 e. The van der Waals surface area contributed by atoms with Gasteiger partial charge in [-0.25, -0.2) is 0 Å². The van der Waals surface area contributed by atoms with Crippen LogP contribution in [0.5, 0.6) is 5.75 Å². The maximum Gasteiger partial charge on any atom is 0.227 e. The molecule has 3 fully saturated rings. The first-order valence-electron chi connectivity index (χ1n) is 11.5. The van der Waals surface area contributed by atoms with Crippen molar-refractivity contribution in [1.82, 2.24) is 9.80 Å². The van der Waals surface area contributed by atoms with E-state index >= 15 is 0 Å². The van der Waals surface area contributed by atoms with Crippen molar-refractivity contribution in [2.45, 2.75) is 50.6 Å². The Morgan fingerprint density at radius 1 is 0.967 bits per heavy atom. The number of nitrogens with zero attached hydrogens (tertiary/aromatic N) is 2. The third-order valence-corrected chi connectivity index (χ3v) is 7.52. The van der Waals surface area contributed by atoms with E-state index in [0.29, 0.717) is 30.3 Å². The van der Waals surface area contributed by atoms with Gasteiger partial charge in [-0.15, -0.1) is 0 Å². The molecule has 0 radical (unpaired) electrons. The molecule has 4 nitrogen and oxygen atoms in total. The molecule has 0 aliphatic carbocycles. The molecule has 0 saturated carbocycles. The van der Waals surface area contributed by atoms with Crippen LogP contribution in [0.25, 0.3) is 0 Å². The number of benzene rings is 2. The molecular weight excluding hydrogens is 372 g/mol. The van der Waals surface area contributed by atoms with Crippen LogP contribution in [0.4, 0.5) is 0 Å². The molecule has 3 saturated heterocycles. The minimum Gasteiger partial charge on any atom is -0.508 e. The number of amides is 1. The van der Waals surface area contributed by atoms with Crippen LogP contribution in [-0.4, -0.2) is 52.5 Å². The smallest absolute Gasteiger partial charge is 0.227 e. The predicted octanol–water partition coefficient (Wildman–Crippen LogP) is 3.88. The molecule has 5 rings (SSSR count). The minimum atomic E-state index is 0.163. The summed E-state index contributed by atoms with van der Waals surface area (Å²) in [4.78, 5) is 17.9. The van der Waals surface area contributed by atoms with E-state index in [0.717, 1.165) is 31.6 Å². The third-order valence-electron chi connectivity index (χ3n) is 7.52. The number of phenols is 1. The number of piperidine rings is 3. The van der Waals surface area contributed by atoms with Crippen LogP contribution in [0.2, 0.25) is 0 Å². The molecule has 4 heteroatoms. The van der Waals surface area contributed by atoms with Gasteiger partial charge >= 0.3 is 0 Å². The van der Waals surface area contributed by atoms with Gasteiger partial charge in [0, 0.05) is 37.3 Å². The Morgan fingerprint density at radius 3 is 2.60 bits per heavy atom. The highest BCUT2D eigenvalue weighted by molar-refractivity contribution is 5.79. The molecule has 3 aliphatic heterocycles. The summed E-state index contributed by atoms with van der Waals surface area (Å²) in [6, 6.07) is 19.4. The number of aromatic hydroxyl groups is 1. The van der Waals surface area contributed by atoms with Gasteiger partial charge in [-0.3, -0.25) is 9.69 Å². The van der Waals surface area contributed by atoms with Crippen LogP contribution in [0.3, 0.4) is 0 Å². The Labute approximate surface area is 179 Å². The normalized spacial score (nSPS) is 28.7. The first-order chi connectivity index (χ1) is 14.7. The number of phenolic OH excluding ortho intramolecular Hbond substituents is 1. The van der Waals surface area contributed by atoms with E-state index in [-0.39, 0.29) is 11.7 Å². The van der Waals surface area contributed by atoms with E-state index in [1.54, 1.807) is 12.1 Å². The molecule has 2 aromatic carbocycles. The highest BCUT2D eigenvalue weighted by atomic mass is 16.3. The quantitative estimate of drug-likeness (QED) is 0.841. The minimum absolute atomic E-state index is 0.163. The van der Waals surface area contributed by atoms with Crippen LogP contribution in [0.1, 0.15) is 36.8 Å². The lowest BCUT2D eigenvalue weighted by Gasteiger charge is -2.55. The predicted molar refractivity (Wildman–Crippen MR) is 118 cm³/mol. The van der Waals surface area contributed by atoms with Crippen LogP contribution in [0.15, 0.2) is 54.6 Å². The third kappa shape index (κ3) is 3.98. The molecule has 3 aliphatic rings. The molecule has 2 bridgehead atoms. The zero-order chi connectivity index (χ0) is 20.5. The van der Waals surface area contributed by atoms with Gasteiger partial charge < -0.3 is 10.0 Å². The SMILES string of the molecule is O=C(Cc1ccccc1O)N1C[C@@H]2C[C@H](C1)[C@@H]1CCC[C@H](Cc3ccccc3)N1C2. The standard InChI is InChI=1S/C26H32N2O2/c29-25-12-5-4-9-21(25)15-26(30)27-16-20-13-22(18-27)24-11-6-10-23(28(24)17-20)14-19-7-2-1-3-8-19/h1-5,7-9,12,20,22-24,29H,6,10-11,13-18H2/t20-,22+,23+,24-/m0/s1. The average molecular weight is 405 g/mol. The molecule has 0 unspecified atom stereocenters. The van der Waals surface area contributed by atoms with E-state index < -0.39 is 0 Å². The summed E-state index contributed by atoms with van der Waals surface area (Å²) in [5, 5.41) is 10.0. The highest BCUT2D eigenvalue weighted by Crippen LogP contribution is 2.40. The van der Waals surface area contributed by atoms with E-state index in [1.807, 2.05) is 12.1 Å². The van der Waals surface area contributed by atoms with Crippen molar-refractivity contribution in [3.8, 4) is 5.75 Å². The topological polar surface area (TPSA) is 43.8 Å². The molecule has 0 spiro atoms. The summed E-state index contributed by atoms with van der Waals surface area (Å²) in [7, 11) is 0. The van der Waals surface area contributed by atoms with Crippen molar-refractivity contribution in [2.75, 3.05) is 19.6 Å². The number of hydrogen-bond donors (Lipinski definition) is 1. The van der Waals surface area contributed by atoms with Crippen molar-refractivity contribution in [2.24, 2.45) is 11.8 Å². The number of fused-ring (bicyclic) bond motifs is 4. The van der Waals surface area contributed by atoms with E-state index in [2.05, 4.69) is 40.1 Å². The van der Waals surface area contributed by atoms with Crippen molar-refractivity contribution in [1.29, 1.82) is 0 Å². The van der Waals surface area contributed by atoms with E-state index in [4.69, 9.17) is 0 Å². The van der Waals surface area contributed by atoms with Gasteiger partial charge in [0.1, 0.15) is 5.75 Å². The fourth-order valence-corrected chi connectivity index (χ4v) is 6.16. The summed E-state index contributed by atoms with van der Waals surface area (Å²) >= 11 is 0. The summed E-state index contributed by atoms with van der Waals surface area (Å²) in [6.45, 7) is 2.87. The summed E-state index contributed by atoms with van der Waals surface area (Å²) in [6.07, 6.45) is 6.57. The molecular formula is C26H32N2O2. The maximum absolute atomic E-state index is 13.0. The Balaban J connectivity index is 1.27. The highest BCUT2D eigenvalue weighted by Gasteiger charge is 2.45. The number of rotatable bonds is 4. The van der Waals surface area contributed by atoms with E-state index in [9.17, 15) is 9.90 Å². The Kier molecular flexibility index (Phi) is 5.51. The van der Waals surface area contributed by atoms with Crippen molar-refractivity contribution in [3.05, 3.63) is 65.7 Å². The molecule has 1 N–H and O–H groups in total. The first-order valence-corrected chi connectivity index (χ1v) is 11.5. The van der Waals surface area contributed by atoms with Crippen LogP contribution < -0.4 is 0 Å². The van der Waals surface area contributed by atoms with Gasteiger partial charge in [0.25, 0.3) is 0 Å². The zero-order valence-corrected chi connectivity index (χ0v) is 17.6. The fourth-order valence-electron chi connectivity index (χ4n) is 6.16. The lowest BCUT2D eigenvalue weighted by molar-refractivity contribution is -0.138. The van der Waals surface area contributed by atoms with Crippen LogP contribution in [-0.2, 0) is 17.6 Å². The molecule has 1 amide bonds. The Bertz CT molecular complexity index is 884. The lowest BCUT2D eigenvalue weighted by atomic mass is 9.74. The summed E-state index contributed by atoms with van der Waals surface area (Å²) < 4.78 is 0. The van der Waals surface area contributed by atoms with Crippen molar-refractivity contribution < 1.29 is 9.90 Å². The zero-order valence-electron chi connectivity index (χ0n) is 17.6. The van der Waals surface area contributed by atoms with Crippen molar-refractivity contribution in [3.63, 3.8) is 0 Å². The van der Waals surface area contributed by atoms with Crippen LogP contribution >= 0.6 is 0 Å². The number of likely N-dealkylation sites (tertiary alicyclic amines) is 1. The van der Waals surface area contributed by atoms with Gasteiger partial charge in [0.05, 0.1) is 6.42 Å². The molecule has 3 heterocycles. The summed E-state index contributed by atoms with van der Waals surface area (Å²) in [5.74, 6) is 1.55. The molecule has 30 heavy (non-hydrogen) atoms. The maximum atomic E-state index is 13.0. The number of carbonyl (C=O) groups is 1. The molecule has 158 valence electrons. The van der Waals surface area contributed by atoms with Gasteiger partial charge in [0.15, 0.2) is 0 Å². The second kappa shape index (κ2) is 8.43. The first kappa shape index (κ1) is 19.6. The van der Waals surface area contributed by atoms with Crippen LogP contribution in [0, 0.1) is 11.8 Å². The van der Waals surface area contributed by atoms with E-state index in [1.165, 1.54) is 31.2 Å². The number of hydrogen-bond acceptors (Lipinski definition) is 3. The Hall–Kier alpha value is -2.33. The second-order valence-corrected chi connectivity index (χ2v) is 9.50. The van der Waals surface area contributed by atoms with Gasteiger partial charge in [-0.1, -0.05) is 55.0 Å². The average Bonchev–Trinajstić information content (AvgIpc) is 2.76. The second-order valence-electron chi connectivity index (χ2n) is 9.50. The molecule has 4 atom stereocenters. The molecule has 0 aromatic heterocycles. The molecule has 2 aromatic rings.